The van der Waals surface area contributed by atoms with Crippen molar-refractivity contribution in [2.75, 3.05) is 33.4 Å². The van der Waals surface area contributed by atoms with Gasteiger partial charge in [0.2, 0.25) is 5.91 Å². The van der Waals surface area contributed by atoms with Crippen LogP contribution in [-0.2, 0) is 9.53 Å². The van der Waals surface area contributed by atoms with Gasteiger partial charge in [0.05, 0.1) is 18.8 Å². The van der Waals surface area contributed by atoms with E-state index >= 15 is 0 Å². The number of hydrogen-bond donors (Lipinski definition) is 2. The molecule has 0 saturated heterocycles. The van der Waals surface area contributed by atoms with Crippen molar-refractivity contribution in [2.24, 2.45) is 0 Å². The first-order valence-corrected chi connectivity index (χ1v) is 13.6. The van der Waals surface area contributed by atoms with Crippen LogP contribution in [0.1, 0.15) is 53.7 Å². The number of carbonyl (C=O) groups excluding carboxylic acids is 2. The first-order chi connectivity index (χ1) is 19.1. The minimum atomic E-state index is -0.422. The molecule has 1 aromatic heterocycles. The average molecular weight is 526 g/mol. The molecule has 0 unspecified atom stereocenters. The van der Waals surface area contributed by atoms with Crippen LogP contribution in [0.5, 0.6) is 5.75 Å². The second-order valence-electron chi connectivity index (χ2n) is 9.78. The third-order valence-corrected chi connectivity index (χ3v) is 7.18. The largest absolute Gasteiger partial charge is 0.497 e. The number of fused-ring (bicyclic) bond motifs is 2. The van der Waals surface area contributed by atoms with E-state index in [9.17, 15) is 9.59 Å². The highest BCUT2D eigenvalue weighted by molar-refractivity contribution is 6.03. The molecule has 202 valence electrons. The molecule has 7 heteroatoms. The van der Waals surface area contributed by atoms with E-state index in [-0.39, 0.29) is 18.4 Å². The summed E-state index contributed by atoms with van der Waals surface area (Å²) in [5, 5.41) is 3.99. The number of para-hydroxylation sites is 1. The fourth-order valence-electron chi connectivity index (χ4n) is 5.26. The van der Waals surface area contributed by atoms with Gasteiger partial charge in [-0.25, -0.2) is 0 Å². The van der Waals surface area contributed by atoms with Gasteiger partial charge in [-0.3, -0.25) is 9.59 Å². The lowest BCUT2D eigenvalue weighted by Gasteiger charge is -2.26. The Morgan fingerprint density at radius 3 is 2.64 bits per heavy atom. The van der Waals surface area contributed by atoms with Crippen LogP contribution >= 0.6 is 0 Å². The number of carbonyl (C=O) groups is 2. The summed E-state index contributed by atoms with van der Waals surface area (Å²) in [5.74, 6) is 0.419. The Morgan fingerprint density at radius 2 is 1.79 bits per heavy atom. The molecule has 5 rings (SSSR count). The second-order valence-corrected chi connectivity index (χ2v) is 9.78. The van der Waals surface area contributed by atoms with Crippen molar-refractivity contribution in [2.45, 2.75) is 32.2 Å². The summed E-state index contributed by atoms with van der Waals surface area (Å²) in [6, 6.07) is 23.2. The third-order valence-electron chi connectivity index (χ3n) is 7.18. The summed E-state index contributed by atoms with van der Waals surface area (Å²) in [5.41, 5.74) is 5.31. The SMILES string of the molecule is CCCCOCCCNC(=O)CN1C(=O)c2ccccc2[C@@H]1c1c(-c2cccc(OC)c2)[nH]c2ccccc12. The first-order valence-electron chi connectivity index (χ1n) is 13.6. The summed E-state index contributed by atoms with van der Waals surface area (Å²) in [7, 11) is 1.65. The molecule has 0 bridgehead atoms. The Hall–Kier alpha value is -4.10. The number of nitrogens with zero attached hydrogens (tertiary/aromatic N) is 1. The van der Waals surface area contributed by atoms with Crippen molar-refractivity contribution in [1.82, 2.24) is 15.2 Å². The summed E-state index contributed by atoms with van der Waals surface area (Å²) >= 11 is 0. The highest BCUT2D eigenvalue weighted by atomic mass is 16.5. The number of methoxy groups -OCH3 is 1. The molecule has 0 aliphatic carbocycles. The van der Waals surface area contributed by atoms with Crippen LogP contribution in [0, 0.1) is 0 Å². The van der Waals surface area contributed by atoms with Gasteiger partial charge in [0, 0.05) is 47.4 Å². The van der Waals surface area contributed by atoms with Gasteiger partial charge in [-0.2, -0.15) is 0 Å². The quantitative estimate of drug-likeness (QED) is 0.232. The molecule has 39 heavy (non-hydrogen) atoms. The van der Waals surface area contributed by atoms with Gasteiger partial charge in [-0.1, -0.05) is 61.9 Å². The lowest BCUT2D eigenvalue weighted by molar-refractivity contribution is -0.122. The zero-order valence-electron chi connectivity index (χ0n) is 22.5. The van der Waals surface area contributed by atoms with Gasteiger partial charge in [-0.15, -0.1) is 0 Å². The molecule has 0 saturated carbocycles. The van der Waals surface area contributed by atoms with Crippen molar-refractivity contribution in [3.63, 3.8) is 0 Å². The molecule has 1 aliphatic rings. The van der Waals surface area contributed by atoms with Crippen LogP contribution in [0.15, 0.2) is 72.8 Å². The van der Waals surface area contributed by atoms with Crippen molar-refractivity contribution in [1.29, 1.82) is 0 Å². The highest BCUT2D eigenvalue weighted by Gasteiger charge is 2.41. The molecule has 0 fully saturated rings. The van der Waals surface area contributed by atoms with Crippen LogP contribution in [-0.4, -0.2) is 55.1 Å². The molecular formula is C32H35N3O4. The van der Waals surface area contributed by atoms with Crippen LogP contribution in [0.2, 0.25) is 0 Å². The van der Waals surface area contributed by atoms with Crippen LogP contribution in [0.3, 0.4) is 0 Å². The topological polar surface area (TPSA) is 83.7 Å². The van der Waals surface area contributed by atoms with E-state index in [0.29, 0.717) is 18.7 Å². The van der Waals surface area contributed by atoms with Gasteiger partial charge in [0.25, 0.3) is 5.91 Å². The van der Waals surface area contributed by atoms with E-state index in [4.69, 9.17) is 9.47 Å². The van der Waals surface area contributed by atoms with Gasteiger partial charge >= 0.3 is 0 Å². The lowest BCUT2D eigenvalue weighted by atomic mass is 9.93. The summed E-state index contributed by atoms with van der Waals surface area (Å²) < 4.78 is 11.1. The minimum Gasteiger partial charge on any atom is -0.497 e. The predicted molar refractivity (Wildman–Crippen MR) is 153 cm³/mol. The number of ether oxygens (including phenoxy) is 2. The standard InChI is InChI=1S/C32H35N3O4/c1-3-4-18-39-19-10-17-33-28(36)21-35-31(24-13-5-6-14-25(24)32(35)37)29-26-15-7-8-16-27(26)34-30(29)22-11-9-12-23(20-22)38-2/h5-9,11-16,20,31,34H,3-4,10,17-19,21H2,1-2H3,(H,33,36)/t31-/m1/s1. The summed E-state index contributed by atoms with van der Waals surface area (Å²) in [6.07, 6.45) is 2.87. The second kappa shape index (κ2) is 12.2. The number of nitrogens with one attached hydrogen (secondary N) is 2. The van der Waals surface area contributed by atoms with Crippen molar-refractivity contribution >= 4 is 22.7 Å². The van der Waals surface area contributed by atoms with Crippen molar-refractivity contribution < 1.29 is 19.1 Å². The highest BCUT2D eigenvalue weighted by Crippen LogP contribution is 2.45. The maximum absolute atomic E-state index is 13.7. The molecule has 1 aliphatic heterocycles. The third kappa shape index (κ3) is 5.54. The van der Waals surface area contributed by atoms with E-state index in [1.165, 1.54) is 0 Å². The van der Waals surface area contributed by atoms with E-state index in [1.54, 1.807) is 12.0 Å². The van der Waals surface area contributed by atoms with E-state index in [1.807, 2.05) is 66.7 Å². The Bertz CT molecular complexity index is 1460. The number of amides is 2. The van der Waals surface area contributed by atoms with Gasteiger partial charge in [0.15, 0.2) is 0 Å². The Labute approximate surface area is 229 Å². The molecule has 3 aromatic carbocycles. The fourth-order valence-corrected chi connectivity index (χ4v) is 5.26. The average Bonchev–Trinajstić information content (AvgIpc) is 3.47. The zero-order chi connectivity index (χ0) is 27.2. The van der Waals surface area contributed by atoms with Crippen LogP contribution in [0.25, 0.3) is 22.2 Å². The van der Waals surface area contributed by atoms with E-state index in [2.05, 4.69) is 23.3 Å². The normalized spacial score (nSPS) is 14.6. The number of hydrogen-bond acceptors (Lipinski definition) is 4. The number of aromatic amines is 1. The first kappa shape index (κ1) is 26.5. The molecule has 2 heterocycles. The van der Waals surface area contributed by atoms with E-state index < -0.39 is 6.04 Å². The Morgan fingerprint density at radius 1 is 1.00 bits per heavy atom. The molecule has 2 N–H and O–H groups in total. The number of aromatic nitrogens is 1. The van der Waals surface area contributed by atoms with Gasteiger partial charge < -0.3 is 24.7 Å². The maximum Gasteiger partial charge on any atom is 0.255 e. The Kier molecular flexibility index (Phi) is 8.27. The smallest absolute Gasteiger partial charge is 0.255 e. The molecule has 0 radical (unpaired) electrons. The lowest BCUT2D eigenvalue weighted by Crippen LogP contribution is -2.40. The monoisotopic (exact) mass is 525 g/mol. The van der Waals surface area contributed by atoms with E-state index in [0.717, 1.165) is 64.9 Å². The molecule has 7 nitrogen and oxygen atoms in total. The minimum absolute atomic E-state index is 0.0358. The Balaban J connectivity index is 1.48. The number of H-pyrrole nitrogens is 1. The summed E-state index contributed by atoms with van der Waals surface area (Å²) in [6.45, 7) is 3.95. The predicted octanol–water partition coefficient (Wildman–Crippen LogP) is 5.71. The number of benzene rings is 3. The molecule has 2 amide bonds. The number of unbranched alkanes of at least 4 members (excludes halogenated alkanes) is 1. The maximum atomic E-state index is 13.7. The van der Waals surface area contributed by atoms with Crippen molar-refractivity contribution in [3.8, 4) is 17.0 Å². The fraction of sp³-hybridized carbons (Fsp3) is 0.312. The van der Waals surface area contributed by atoms with Gasteiger partial charge in [0.1, 0.15) is 12.3 Å². The molecular weight excluding hydrogens is 490 g/mol. The zero-order valence-corrected chi connectivity index (χ0v) is 22.5. The number of rotatable bonds is 12. The van der Waals surface area contributed by atoms with Crippen LogP contribution in [0.4, 0.5) is 0 Å². The van der Waals surface area contributed by atoms with Crippen LogP contribution < -0.4 is 10.1 Å². The molecule has 1 atom stereocenters. The van der Waals surface area contributed by atoms with Crippen molar-refractivity contribution in [3.05, 3.63) is 89.5 Å². The summed E-state index contributed by atoms with van der Waals surface area (Å²) in [4.78, 5) is 32.0. The van der Waals surface area contributed by atoms with Gasteiger partial charge in [-0.05, 0) is 42.7 Å². The molecule has 0 spiro atoms. The molecule has 4 aromatic rings.